The van der Waals surface area contributed by atoms with Crippen LogP contribution in [0.4, 0.5) is 0 Å². The van der Waals surface area contributed by atoms with E-state index in [9.17, 15) is 4.79 Å². The first-order valence-electron chi connectivity index (χ1n) is 6.98. The molecular formula is C15H14N2OS3. The molecule has 6 heteroatoms. The van der Waals surface area contributed by atoms with E-state index in [4.69, 9.17) is 12.2 Å². The van der Waals surface area contributed by atoms with Gasteiger partial charge in [0.05, 0.1) is 11.4 Å². The normalized spacial score (nSPS) is 15.5. The highest BCUT2D eigenvalue weighted by Crippen LogP contribution is 2.35. The van der Waals surface area contributed by atoms with Crippen molar-refractivity contribution in [2.75, 3.05) is 0 Å². The Labute approximate surface area is 134 Å². The lowest BCUT2D eigenvalue weighted by atomic mass is 10.1. The molecule has 0 spiro atoms. The van der Waals surface area contributed by atoms with Gasteiger partial charge in [-0.05, 0) is 66.4 Å². The van der Waals surface area contributed by atoms with Gasteiger partial charge in [-0.25, -0.2) is 0 Å². The Hall–Kier alpha value is -1.24. The van der Waals surface area contributed by atoms with E-state index < -0.39 is 0 Å². The largest absolute Gasteiger partial charge is 0.323 e. The zero-order chi connectivity index (χ0) is 14.6. The van der Waals surface area contributed by atoms with Gasteiger partial charge in [0.15, 0.2) is 4.77 Å². The molecule has 1 unspecified atom stereocenters. The van der Waals surface area contributed by atoms with Crippen LogP contribution in [0, 0.1) is 4.77 Å². The van der Waals surface area contributed by atoms with Crippen molar-refractivity contribution < 1.29 is 0 Å². The highest BCUT2D eigenvalue weighted by atomic mass is 32.1. The van der Waals surface area contributed by atoms with Gasteiger partial charge >= 0.3 is 0 Å². The van der Waals surface area contributed by atoms with Crippen LogP contribution in [0.25, 0.3) is 10.2 Å². The number of aromatic nitrogens is 2. The quantitative estimate of drug-likeness (QED) is 0.710. The van der Waals surface area contributed by atoms with Crippen LogP contribution in [-0.4, -0.2) is 9.55 Å². The molecule has 3 nitrogen and oxygen atoms in total. The Morgan fingerprint density at radius 2 is 2.29 bits per heavy atom. The highest BCUT2D eigenvalue weighted by molar-refractivity contribution is 7.71. The van der Waals surface area contributed by atoms with Crippen molar-refractivity contribution in [3.05, 3.63) is 48.0 Å². The molecule has 0 radical (unpaired) electrons. The van der Waals surface area contributed by atoms with Crippen molar-refractivity contribution in [1.29, 1.82) is 0 Å². The average molecular weight is 334 g/mol. The minimum absolute atomic E-state index is 0.0335. The summed E-state index contributed by atoms with van der Waals surface area (Å²) in [5, 5.41) is 4.97. The van der Waals surface area contributed by atoms with Crippen LogP contribution >= 0.6 is 34.9 Å². The van der Waals surface area contributed by atoms with E-state index in [1.165, 1.54) is 10.4 Å². The van der Waals surface area contributed by atoms with Crippen molar-refractivity contribution >= 4 is 45.1 Å². The topological polar surface area (TPSA) is 37.8 Å². The van der Waals surface area contributed by atoms with Crippen LogP contribution < -0.4 is 5.56 Å². The summed E-state index contributed by atoms with van der Waals surface area (Å²) in [6, 6.07) is 2.02. The molecule has 1 atom stereocenters. The molecule has 0 saturated carbocycles. The molecule has 21 heavy (non-hydrogen) atoms. The number of nitrogens with zero attached hydrogens (tertiary/aromatic N) is 1. The predicted molar refractivity (Wildman–Crippen MR) is 91.4 cm³/mol. The van der Waals surface area contributed by atoms with Crippen molar-refractivity contribution in [3.63, 3.8) is 0 Å². The fraction of sp³-hybridized carbons (Fsp3) is 0.333. The molecule has 3 aromatic heterocycles. The van der Waals surface area contributed by atoms with Gasteiger partial charge in [0.2, 0.25) is 0 Å². The molecule has 0 aliphatic heterocycles. The van der Waals surface area contributed by atoms with Gasteiger partial charge in [0, 0.05) is 4.88 Å². The van der Waals surface area contributed by atoms with Gasteiger partial charge in [-0.3, -0.25) is 9.36 Å². The fourth-order valence-corrected chi connectivity index (χ4v) is 5.54. The number of aromatic amines is 1. The first-order valence-corrected chi connectivity index (χ1v) is 9.14. The van der Waals surface area contributed by atoms with Crippen molar-refractivity contribution in [3.8, 4) is 0 Å². The second-order valence-corrected chi connectivity index (χ2v) is 7.67. The number of hydrogen-bond donors (Lipinski definition) is 1. The number of rotatable bonds is 2. The lowest BCUT2D eigenvalue weighted by Crippen LogP contribution is -2.25. The number of H-pyrrole nitrogens is 1. The highest BCUT2D eigenvalue weighted by Gasteiger charge is 2.23. The van der Waals surface area contributed by atoms with E-state index in [0.717, 1.165) is 35.0 Å². The zero-order valence-corrected chi connectivity index (χ0v) is 14.0. The maximum atomic E-state index is 13.0. The molecule has 1 aliphatic carbocycles. The van der Waals surface area contributed by atoms with Gasteiger partial charge < -0.3 is 4.98 Å². The molecule has 3 heterocycles. The van der Waals surface area contributed by atoms with Crippen LogP contribution in [-0.2, 0) is 12.8 Å². The first kappa shape index (κ1) is 13.4. The van der Waals surface area contributed by atoms with Gasteiger partial charge in [0.25, 0.3) is 5.56 Å². The number of fused-ring (bicyclic) bond motifs is 3. The lowest BCUT2D eigenvalue weighted by Gasteiger charge is -2.14. The summed E-state index contributed by atoms with van der Waals surface area (Å²) in [5.41, 5.74) is 2.44. The third kappa shape index (κ3) is 1.97. The van der Waals surface area contributed by atoms with Crippen LogP contribution in [0.5, 0.6) is 0 Å². The van der Waals surface area contributed by atoms with E-state index in [1.807, 2.05) is 12.3 Å². The van der Waals surface area contributed by atoms with Crippen molar-refractivity contribution in [2.45, 2.75) is 32.2 Å². The predicted octanol–water partition coefficient (Wildman–Crippen LogP) is 4.28. The smallest absolute Gasteiger partial charge is 0.263 e. The summed E-state index contributed by atoms with van der Waals surface area (Å²) >= 11 is 8.78. The zero-order valence-electron chi connectivity index (χ0n) is 11.5. The molecule has 0 aromatic carbocycles. The van der Waals surface area contributed by atoms with E-state index in [0.29, 0.717) is 4.77 Å². The molecule has 108 valence electrons. The Morgan fingerprint density at radius 1 is 1.43 bits per heavy atom. The maximum Gasteiger partial charge on any atom is 0.263 e. The van der Waals surface area contributed by atoms with Crippen molar-refractivity contribution in [1.82, 2.24) is 9.55 Å². The van der Waals surface area contributed by atoms with E-state index in [2.05, 4.69) is 16.4 Å². The monoisotopic (exact) mass is 334 g/mol. The summed E-state index contributed by atoms with van der Waals surface area (Å²) < 4.78 is 2.25. The number of thiophene rings is 2. The summed E-state index contributed by atoms with van der Waals surface area (Å²) in [4.78, 5) is 18.6. The Balaban J connectivity index is 2.02. The molecule has 4 rings (SSSR count). The number of nitrogens with one attached hydrogen (secondary N) is 1. The molecule has 0 saturated heterocycles. The molecule has 1 N–H and O–H groups in total. The third-order valence-electron chi connectivity index (χ3n) is 4.21. The molecule has 0 bridgehead atoms. The van der Waals surface area contributed by atoms with Crippen LogP contribution in [0.1, 0.15) is 35.4 Å². The average Bonchev–Trinajstić information content (AvgIpc) is 3.13. The molecule has 3 aromatic rings. The van der Waals surface area contributed by atoms with Gasteiger partial charge in [-0.1, -0.05) is 0 Å². The maximum absolute atomic E-state index is 13.0. The van der Waals surface area contributed by atoms with E-state index in [1.54, 1.807) is 27.2 Å². The lowest BCUT2D eigenvalue weighted by molar-refractivity contribution is 0.601. The SMILES string of the molecule is CC(c1ccsc1)n1c(=S)[nH]c2sc3c(c2c1=O)CCC3. The minimum Gasteiger partial charge on any atom is -0.323 e. The Bertz CT molecular complexity index is 930. The third-order valence-corrected chi connectivity index (χ3v) is 6.41. The number of aryl methyl sites for hydroxylation is 2. The summed E-state index contributed by atoms with van der Waals surface area (Å²) in [5.74, 6) is 0. The van der Waals surface area contributed by atoms with Crippen LogP contribution in [0.15, 0.2) is 21.6 Å². The first-order chi connectivity index (χ1) is 10.2. The van der Waals surface area contributed by atoms with Crippen LogP contribution in [0.3, 0.4) is 0 Å². The van der Waals surface area contributed by atoms with E-state index in [-0.39, 0.29) is 11.6 Å². The fourth-order valence-electron chi connectivity index (χ4n) is 3.10. The molecule has 0 fully saturated rings. The van der Waals surface area contributed by atoms with Gasteiger partial charge in [-0.2, -0.15) is 11.3 Å². The van der Waals surface area contributed by atoms with E-state index >= 15 is 0 Å². The number of hydrogen-bond acceptors (Lipinski definition) is 4. The van der Waals surface area contributed by atoms with Crippen LogP contribution in [0.2, 0.25) is 0 Å². The second kappa shape index (κ2) is 4.90. The van der Waals surface area contributed by atoms with Crippen molar-refractivity contribution in [2.24, 2.45) is 0 Å². The van der Waals surface area contributed by atoms with Gasteiger partial charge in [-0.15, -0.1) is 11.3 Å². The standard InChI is InChI=1S/C15H14N2OS3/c1-8(9-5-6-20-7-9)17-14(18)12-10-3-2-4-11(10)21-13(12)16-15(17)19/h5-8H,2-4H2,1H3,(H,16,19). The summed E-state index contributed by atoms with van der Waals surface area (Å²) in [7, 11) is 0. The molecular weight excluding hydrogens is 320 g/mol. The molecule has 0 amide bonds. The Kier molecular flexibility index (Phi) is 3.13. The summed E-state index contributed by atoms with van der Waals surface area (Å²) in [6.45, 7) is 2.03. The Morgan fingerprint density at radius 3 is 3.05 bits per heavy atom. The minimum atomic E-state index is -0.0335. The summed E-state index contributed by atoms with van der Waals surface area (Å²) in [6.07, 6.45) is 3.27. The van der Waals surface area contributed by atoms with Gasteiger partial charge in [0.1, 0.15) is 4.83 Å². The second-order valence-electron chi connectivity index (χ2n) is 5.40. The molecule has 1 aliphatic rings.